The zero-order chi connectivity index (χ0) is 24.3. The number of amides is 2. The highest BCUT2D eigenvalue weighted by molar-refractivity contribution is 6.00. The maximum absolute atomic E-state index is 13.3. The number of H-pyrrole nitrogens is 1. The van der Waals surface area contributed by atoms with Crippen molar-refractivity contribution in [1.29, 1.82) is 0 Å². The summed E-state index contributed by atoms with van der Waals surface area (Å²) >= 11 is 0. The Morgan fingerprint density at radius 2 is 1.85 bits per heavy atom. The van der Waals surface area contributed by atoms with Crippen molar-refractivity contribution in [3.05, 3.63) is 45.1 Å². The molecule has 3 rings (SSSR count). The van der Waals surface area contributed by atoms with Crippen LogP contribution < -0.4 is 31.5 Å². The van der Waals surface area contributed by atoms with Crippen molar-refractivity contribution in [3.8, 4) is 5.75 Å². The van der Waals surface area contributed by atoms with Crippen LogP contribution in [-0.4, -0.2) is 41.1 Å². The molecular formula is C23H31N5O5. The SMILES string of the molecule is CC(C)CN(C(=O)CCN1C(=O)COc2ccccc21)c1c(N)n(CC(C)C)c(=O)[nH]c1=O. The number of nitrogens with two attached hydrogens (primary N) is 1. The Labute approximate surface area is 191 Å². The lowest BCUT2D eigenvalue weighted by atomic mass is 10.1. The van der Waals surface area contributed by atoms with Gasteiger partial charge >= 0.3 is 5.69 Å². The summed E-state index contributed by atoms with van der Waals surface area (Å²) in [4.78, 5) is 55.9. The Hall–Kier alpha value is -3.56. The van der Waals surface area contributed by atoms with Gasteiger partial charge in [-0.3, -0.25) is 23.9 Å². The molecule has 0 bridgehead atoms. The van der Waals surface area contributed by atoms with Crippen LogP contribution in [0.5, 0.6) is 5.75 Å². The summed E-state index contributed by atoms with van der Waals surface area (Å²) in [6.07, 6.45) is -0.0328. The molecule has 0 radical (unpaired) electrons. The zero-order valence-electron chi connectivity index (χ0n) is 19.5. The second-order valence-corrected chi connectivity index (χ2v) is 8.95. The minimum absolute atomic E-state index is 0.0315. The highest BCUT2D eigenvalue weighted by Crippen LogP contribution is 2.31. The lowest BCUT2D eigenvalue weighted by Gasteiger charge is -2.31. The number of hydrogen-bond acceptors (Lipinski definition) is 6. The summed E-state index contributed by atoms with van der Waals surface area (Å²) in [7, 11) is 0. The van der Waals surface area contributed by atoms with Crippen molar-refractivity contribution in [1.82, 2.24) is 9.55 Å². The number of carbonyl (C=O) groups is 2. The molecule has 1 aliphatic heterocycles. The average molecular weight is 458 g/mol. The number of nitrogens with zero attached hydrogens (tertiary/aromatic N) is 3. The van der Waals surface area contributed by atoms with E-state index in [4.69, 9.17) is 10.5 Å². The van der Waals surface area contributed by atoms with Crippen molar-refractivity contribution in [2.24, 2.45) is 11.8 Å². The van der Waals surface area contributed by atoms with E-state index in [9.17, 15) is 19.2 Å². The van der Waals surface area contributed by atoms with Crippen LogP contribution >= 0.6 is 0 Å². The van der Waals surface area contributed by atoms with Crippen molar-refractivity contribution in [2.75, 3.05) is 35.2 Å². The molecular weight excluding hydrogens is 426 g/mol. The Kier molecular flexibility index (Phi) is 7.25. The zero-order valence-corrected chi connectivity index (χ0v) is 19.5. The van der Waals surface area contributed by atoms with E-state index in [2.05, 4.69) is 4.98 Å². The molecule has 0 atom stereocenters. The number of hydrogen-bond donors (Lipinski definition) is 2. The topological polar surface area (TPSA) is 131 Å². The number of rotatable bonds is 8. The van der Waals surface area contributed by atoms with E-state index in [1.54, 1.807) is 18.2 Å². The summed E-state index contributed by atoms with van der Waals surface area (Å²) in [5.74, 6) is 0.0471. The number of fused-ring (bicyclic) bond motifs is 1. The second-order valence-electron chi connectivity index (χ2n) is 8.95. The number of anilines is 3. The van der Waals surface area contributed by atoms with Gasteiger partial charge in [-0.25, -0.2) is 4.79 Å². The third kappa shape index (κ3) is 5.27. The van der Waals surface area contributed by atoms with E-state index in [0.717, 1.165) is 0 Å². The third-order valence-corrected chi connectivity index (χ3v) is 5.24. The summed E-state index contributed by atoms with van der Waals surface area (Å²) in [5.41, 5.74) is 5.48. The molecule has 1 aromatic carbocycles. The van der Waals surface area contributed by atoms with Crippen LogP contribution in [0.25, 0.3) is 0 Å². The van der Waals surface area contributed by atoms with Gasteiger partial charge in [0.1, 0.15) is 11.6 Å². The van der Waals surface area contributed by atoms with Gasteiger partial charge in [0.15, 0.2) is 12.3 Å². The van der Waals surface area contributed by atoms with E-state index in [1.807, 2.05) is 33.8 Å². The Balaban J connectivity index is 1.92. The number of aromatic nitrogens is 2. The minimum atomic E-state index is -0.709. The number of nitrogen functional groups attached to an aromatic ring is 1. The summed E-state index contributed by atoms with van der Waals surface area (Å²) in [5, 5.41) is 0. The quantitative estimate of drug-likeness (QED) is 0.619. The molecule has 33 heavy (non-hydrogen) atoms. The Bertz CT molecular complexity index is 1150. The van der Waals surface area contributed by atoms with Gasteiger partial charge in [-0.15, -0.1) is 0 Å². The number of aromatic amines is 1. The molecule has 1 aromatic heterocycles. The summed E-state index contributed by atoms with van der Waals surface area (Å²) in [6, 6.07) is 7.12. The largest absolute Gasteiger partial charge is 0.482 e. The van der Waals surface area contributed by atoms with Crippen molar-refractivity contribution in [3.63, 3.8) is 0 Å². The molecule has 2 amide bonds. The van der Waals surface area contributed by atoms with Crippen LogP contribution in [0.3, 0.4) is 0 Å². The first-order valence-electron chi connectivity index (χ1n) is 11.0. The fourth-order valence-corrected chi connectivity index (χ4v) is 3.81. The second kappa shape index (κ2) is 9.93. The Morgan fingerprint density at radius 1 is 1.15 bits per heavy atom. The first-order valence-corrected chi connectivity index (χ1v) is 11.0. The third-order valence-electron chi connectivity index (χ3n) is 5.24. The van der Waals surface area contributed by atoms with Crippen LogP contribution in [0.1, 0.15) is 34.1 Å². The van der Waals surface area contributed by atoms with E-state index in [1.165, 1.54) is 14.4 Å². The normalized spacial score (nSPS) is 13.3. The number of para-hydroxylation sites is 2. The lowest BCUT2D eigenvalue weighted by molar-refractivity contribution is -0.121. The molecule has 10 nitrogen and oxygen atoms in total. The molecule has 2 aromatic rings. The monoisotopic (exact) mass is 457 g/mol. The molecule has 0 fully saturated rings. The maximum atomic E-state index is 13.3. The van der Waals surface area contributed by atoms with E-state index >= 15 is 0 Å². The maximum Gasteiger partial charge on any atom is 0.330 e. The van der Waals surface area contributed by atoms with Crippen molar-refractivity contribution in [2.45, 2.75) is 40.7 Å². The van der Waals surface area contributed by atoms with Crippen molar-refractivity contribution >= 4 is 29.0 Å². The molecule has 0 saturated carbocycles. The van der Waals surface area contributed by atoms with E-state index in [0.29, 0.717) is 18.0 Å². The predicted octanol–water partition coefficient (Wildman–Crippen LogP) is 1.58. The molecule has 2 heterocycles. The number of nitrogens with one attached hydrogen (secondary N) is 1. The van der Waals surface area contributed by atoms with Gasteiger partial charge in [-0.2, -0.15) is 0 Å². The average Bonchev–Trinajstić information content (AvgIpc) is 2.74. The van der Waals surface area contributed by atoms with Gasteiger partial charge in [0.25, 0.3) is 11.5 Å². The Morgan fingerprint density at radius 3 is 2.52 bits per heavy atom. The number of carbonyl (C=O) groups excluding carboxylic acids is 2. The highest BCUT2D eigenvalue weighted by Gasteiger charge is 2.29. The highest BCUT2D eigenvalue weighted by atomic mass is 16.5. The van der Waals surface area contributed by atoms with Crippen LogP contribution in [0, 0.1) is 11.8 Å². The smallest absolute Gasteiger partial charge is 0.330 e. The minimum Gasteiger partial charge on any atom is -0.482 e. The first kappa shape index (κ1) is 24.1. The molecule has 3 N–H and O–H groups in total. The van der Waals surface area contributed by atoms with Crippen LogP contribution in [0.15, 0.2) is 33.9 Å². The molecule has 1 aliphatic rings. The predicted molar refractivity (Wildman–Crippen MR) is 127 cm³/mol. The van der Waals surface area contributed by atoms with Gasteiger partial charge in [0.2, 0.25) is 5.91 Å². The molecule has 0 unspecified atom stereocenters. The molecule has 178 valence electrons. The van der Waals surface area contributed by atoms with Crippen LogP contribution in [-0.2, 0) is 16.1 Å². The van der Waals surface area contributed by atoms with E-state index < -0.39 is 11.2 Å². The van der Waals surface area contributed by atoms with Gasteiger partial charge in [-0.1, -0.05) is 39.8 Å². The first-order chi connectivity index (χ1) is 15.6. The molecule has 10 heteroatoms. The van der Waals surface area contributed by atoms with Gasteiger partial charge in [-0.05, 0) is 24.0 Å². The molecule has 0 aliphatic carbocycles. The fourth-order valence-electron chi connectivity index (χ4n) is 3.81. The van der Waals surface area contributed by atoms with E-state index in [-0.39, 0.29) is 61.3 Å². The summed E-state index contributed by atoms with van der Waals surface area (Å²) < 4.78 is 6.73. The van der Waals surface area contributed by atoms with Crippen molar-refractivity contribution < 1.29 is 14.3 Å². The van der Waals surface area contributed by atoms with Gasteiger partial charge in [0, 0.05) is 26.1 Å². The fraction of sp³-hybridized carbons (Fsp3) is 0.478. The number of ether oxygens (including phenoxy) is 1. The lowest BCUT2D eigenvalue weighted by Crippen LogP contribution is -2.45. The standard InChI is InChI=1S/C23H31N5O5/c1-14(2)11-27(20-21(24)28(12-15(3)4)23(32)25-22(20)31)18(29)9-10-26-16-7-5-6-8-17(16)33-13-19(26)30/h5-8,14-15H,9-13,24H2,1-4H3,(H,25,31,32). The van der Waals surface area contributed by atoms with Crippen LogP contribution in [0.2, 0.25) is 0 Å². The summed E-state index contributed by atoms with van der Waals surface area (Å²) in [6.45, 7) is 8.23. The molecule has 0 saturated heterocycles. The van der Waals surface area contributed by atoms with Crippen LogP contribution in [0.4, 0.5) is 17.2 Å². The van der Waals surface area contributed by atoms with Gasteiger partial charge < -0.3 is 20.3 Å². The molecule has 0 spiro atoms. The van der Waals surface area contributed by atoms with Gasteiger partial charge in [0.05, 0.1) is 5.69 Å². The number of benzene rings is 1.